The van der Waals surface area contributed by atoms with Gasteiger partial charge in [0.1, 0.15) is 19.4 Å². The van der Waals surface area contributed by atoms with Crippen LogP contribution in [0.25, 0.3) is 0 Å². The average molecular weight is 368 g/mol. The molecule has 23 heavy (non-hydrogen) atoms. The van der Waals surface area contributed by atoms with Gasteiger partial charge in [-0.3, -0.25) is 4.79 Å². The van der Waals surface area contributed by atoms with Crippen LogP contribution in [0.3, 0.4) is 0 Å². The first-order valence-electron chi connectivity index (χ1n) is 6.61. The molecule has 0 bridgehead atoms. The van der Waals surface area contributed by atoms with Crippen molar-refractivity contribution in [2.45, 2.75) is 17.0 Å². The minimum atomic E-state index is -1.38. The van der Waals surface area contributed by atoms with Crippen molar-refractivity contribution < 1.29 is 28.9 Å². The van der Waals surface area contributed by atoms with Gasteiger partial charge in [0, 0.05) is 0 Å². The molecular formula is C14H16Cl2FNO5. The molecule has 0 heterocycles. The van der Waals surface area contributed by atoms with Crippen molar-refractivity contribution in [3.8, 4) is 0 Å². The summed E-state index contributed by atoms with van der Waals surface area (Å²) in [6, 6.07) is 4.32. The summed E-state index contributed by atoms with van der Waals surface area (Å²) in [6.07, 6.45) is -1.35. The number of alkyl halides is 3. The van der Waals surface area contributed by atoms with Crippen LogP contribution in [0.1, 0.15) is 22.0 Å². The Balaban J connectivity index is 2.77. The number of amides is 1. The maximum Gasteiger partial charge on any atom is 0.338 e. The van der Waals surface area contributed by atoms with Gasteiger partial charge in [0.25, 0.3) is 5.91 Å². The monoisotopic (exact) mass is 367 g/mol. The Morgan fingerprint density at radius 3 is 2.35 bits per heavy atom. The zero-order valence-corrected chi connectivity index (χ0v) is 13.4. The van der Waals surface area contributed by atoms with E-state index in [0.29, 0.717) is 0 Å². The first-order chi connectivity index (χ1) is 10.9. The lowest BCUT2D eigenvalue weighted by molar-refractivity contribution is -0.121. The van der Waals surface area contributed by atoms with Gasteiger partial charge >= 0.3 is 5.97 Å². The van der Waals surface area contributed by atoms with Gasteiger partial charge in [-0.25, -0.2) is 9.18 Å². The van der Waals surface area contributed by atoms with Gasteiger partial charge in [-0.05, 0) is 17.7 Å². The first kappa shape index (κ1) is 19.6. The number of aliphatic hydroxyl groups excluding tert-OH is 2. The normalized spacial score (nSPS) is 13.5. The molecule has 1 amide bonds. The van der Waals surface area contributed by atoms with Crippen LogP contribution in [0.4, 0.5) is 4.39 Å². The van der Waals surface area contributed by atoms with Crippen LogP contribution in [0.5, 0.6) is 0 Å². The minimum absolute atomic E-state index is 0.128. The molecule has 0 fully saturated rings. The lowest BCUT2D eigenvalue weighted by Gasteiger charge is -2.22. The second kappa shape index (κ2) is 9.67. The number of benzene rings is 1. The SMILES string of the molecule is O=C(OCCO)c1ccc([C@@H](O)[C@@H](CF)NC(=O)C(Cl)Cl)cc1. The molecule has 0 aliphatic heterocycles. The number of ether oxygens (including phenoxy) is 1. The number of hydrogen-bond acceptors (Lipinski definition) is 5. The Bertz CT molecular complexity index is 526. The molecule has 1 aromatic rings. The summed E-state index contributed by atoms with van der Waals surface area (Å²) in [5.41, 5.74) is 0.490. The molecule has 1 rings (SSSR count). The van der Waals surface area contributed by atoms with Gasteiger partial charge in [-0.1, -0.05) is 35.3 Å². The summed E-state index contributed by atoms with van der Waals surface area (Å²) in [4.78, 5) is 21.5. The van der Waals surface area contributed by atoms with Gasteiger partial charge in [-0.15, -0.1) is 0 Å². The van der Waals surface area contributed by atoms with Crippen molar-refractivity contribution in [3.05, 3.63) is 35.4 Å². The highest BCUT2D eigenvalue weighted by Gasteiger charge is 2.25. The second-order valence-corrected chi connectivity index (χ2v) is 5.59. The second-order valence-electron chi connectivity index (χ2n) is 4.50. The van der Waals surface area contributed by atoms with Gasteiger partial charge in [0.15, 0.2) is 4.84 Å². The fourth-order valence-electron chi connectivity index (χ4n) is 1.72. The van der Waals surface area contributed by atoms with E-state index in [2.05, 4.69) is 5.32 Å². The van der Waals surface area contributed by atoms with Crippen LogP contribution >= 0.6 is 23.2 Å². The molecule has 0 saturated heterocycles. The zero-order chi connectivity index (χ0) is 17.4. The fraction of sp³-hybridized carbons (Fsp3) is 0.429. The van der Waals surface area contributed by atoms with Crippen LogP contribution in [-0.4, -0.2) is 52.9 Å². The summed E-state index contributed by atoms with van der Waals surface area (Å²) in [7, 11) is 0. The molecule has 6 nitrogen and oxygen atoms in total. The molecule has 0 spiro atoms. The third kappa shape index (κ3) is 5.95. The highest BCUT2D eigenvalue weighted by Crippen LogP contribution is 2.19. The van der Waals surface area contributed by atoms with E-state index in [1.165, 1.54) is 24.3 Å². The van der Waals surface area contributed by atoms with Gasteiger partial charge in [-0.2, -0.15) is 0 Å². The Morgan fingerprint density at radius 2 is 1.87 bits per heavy atom. The number of halogens is 3. The van der Waals surface area contributed by atoms with E-state index in [-0.39, 0.29) is 24.3 Å². The van der Waals surface area contributed by atoms with Crippen molar-refractivity contribution in [2.75, 3.05) is 19.9 Å². The maximum atomic E-state index is 13.0. The van der Waals surface area contributed by atoms with E-state index in [1.807, 2.05) is 0 Å². The van der Waals surface area contributed by atoms with Crippen LogP contribution in [-0.2, 0) is 9.53 Å². The zero-order valence-electron chi connectivity index (χ0n) is 11.9. The molecule has 2 atom stereocenters. The number of hydrogen-bond donors (Lipinski definition) is 3. The van der Waals surface area contributed by atoms with E-state index >= 15 is 0 Å². The summed E-state index contributed by atoms with van der Waals surface area (Å²) < 4.78 is 17.7. The number of carbonyl (C=O) groups is 2. The first-order valence-corrected chi connectivity index (χ1v) is 7.48. The smallest absolute Gasteiger partial charge is 0.338 e. The van der Waals surface area contributed by atoms with E-state index in [9.17, 15) is 19.1 Å². The Labute approximate surface area is 142 Å². The van der Waals surface area contributed by atoms with Crippen LogP contribution < -0.4 is 5.32 Å². The molecule has 3 N–H and O–H groups in total. The third-order valence-electron chi connectivity index (χ3n) is 2.89. The van der Waals surface area contributed by atoms with E-state index in [0.717, 1.165) is 0 Å². The van der Waals surface area contributed by atoms with E-state index in [1.54, 1.807) is 0 Å². The molecule has 0 saturated carbocycles. The lowest BCUT2D eigenvalue weighted by Crippen LogP contribution is -2.43. The van der Waals surface area contributed by atoms with Crippen molar-refractivity contribution in [3.63, 3.8) is 0 Å². The number of aliphatic hydroxyl groups is 2. The number of carbonyl (C=O) groups excluding carboxylic acids is 2. The Kier molecular flexibility index (Phi) is 8.25. The number of rotatable bonds is 8. The highest BCUT2D eigenvalue weighted by molar-refractivity contribution is 6.53. The molecule has 1 aromatic carbocycles. The quantitative estimate of drug-likeness (QED) is 0.472. The molecule has 0 aliphatic carbocycles. The van der Waals surface area contributed by atoms with Crippen molar-refractivity contribution >= 4 is 35.1 Å². The van der Waals surface area contributed by atoms with E-state index in [4.69, 9.17) is 33.0 Å². The molecule has 0 aliphatic rings. The van der Waals surface area contributed by atoms with Crippen LogP contribution in [0.15, 0.2) is 24.3 Å². The summed E-state index contributed by atoms with van der Waals surface area (Å²) in [5, 5.41) is 20.9. The Morgan fingerprint density at radius 1 is 1.26 bits per heavy atom. The third-order valence-corrected chi connectivity index (χ3v) is 3.28. The molecule has 0 unspecified atom stereocenters. The Hall–Kier alpha value is -1.41. The van der Waals surface area contributed by atoms with Crippen LogP contribution in [0, 0.1) is 0 Å². The molecular weight excluding hydrogens is 352 g/mol. The summed E-state index contributed by atoms with van der Waals surface area (Å²) >= 11 is 10.7. The molecule has 9 heteroatoms. The van der Waals surface area contributed by atoms with Gasteiger partial charge in [0.2, 0.25) is 0 Å². The number of nitrogens with one attached hydrogen (secondary N) is 1. The van der Waals surface area contributed by atoms with Crippen LogP contribution in [0.2, 0.25) is 0 Å². The largest absolute Gasteiger partial charge is 0.460 e. The fourth-order valence-corrected chi connectivity index (χ4v) is 1.84. The van der Waals surface area contributed by atoms with Crippen molar-refractivity contribution in [1.82, 2.24) is 5.32 Å². The van der Waals surface area contributed by atoms with Crippen molar-refractivity contribution in [1.29, 1.82) is 0 Å². The minimum Gasteiger partial charge on any atom is -0.460 e. The topological polar surface area (TPSA) is 95.9 Å². The number of esters is 1. The molecule has 0 radical (unpaired) electrons. The van der Waals surface area contributed by atoms with Crippen molar-refractivity contribution in [2.24, 2.45) is 0 Å². The van der Waals surface area contributed by atoms with E-state index < -0.39 is 35.5 Å². The lowest BCUT2D eigenvalue weighted by atomic mass is 10.0. The predicted molar refractivity (Wildman–Crippen MR) is 82.2 cm³/mol. The average Bonchev–Trinajstić information content (AvgIpc) is 2.56. The molecule has 128 valence electrons. The molecule has 0 aromatic heterocycles. The van der Waals surface area contributed by atoms with Gasteiger partial charge < -0.3 is 20.3 Å². The summed E-state index contributed by atoms with van der Waals surface area (Å²) in [6.45, 7) is -1.45. The highest BCUT2D eigenvalue weighted by atomic mass is 35.5. The maximum absolute atomic E-state index is 13.0. The predicted octanol–water partition coefficient (Wildman–Crippen LogP) is 1.13. The standard InChI is InChI=1S/C14H16Cl2FNO5/c15-12(16)13(21)18-10(7-17)11(20)8-1-3-9(4-2-8)14(22)23-6-5-19/h1-4,10-12,19-20H,5-7H2,(H,18,21)/t10-,11-/m1/s1. The summed E-state index contributed by atoms with van der Waals surface area (Å²) in [5.74, 6) is -1.46. The van der Waals surface area contributed by atoms with Gasteiger partial charge in [0.05, 0.1) is 18.2 Å².